The van der Waals surface area contributed by atoms with Crippen LogP contribution in [0.2, 0.25) is 0 Å². The molecule has 1 aromatic heterocycles. The van der Waals surface area contributed by atoms with Crippen molar-refractivity contribution in [3.63, 3.8) is 0 Å². The summed E-state index contributed by atoms with van der Waals surface area (Å²) in [5.74, 6) is 0.375. The Morgan fingerprint density at radius 1 is 1.55 bits per heavy atom. The summed E-state index contributed by atoms with van der Waals surface area (Å²) < 4.78 is 6.38. The van der Waals surface area contributed by atoms with Crippen LogP contribution in [0, 0.1) is 10.1 Å². The fourth-order valence-corrected chi connectivity index (χ4v) is 1.58. The highest BCUT2D eigenvalue weighted by Crippen LogP contribution is 2.29. The summed E-state index contributed by atoms with van der Waals surface area (Å²) in [6.45, 7) is 2.18. The number of carbonyl (C=O) groups is 1. The fourth-order valence-electron chi connectivity index (χ4n) is 1.58. The van der Waals surface area contributed by atoms with E-state index in [4.69, 9.17) is 4.74 Å². The van der Waals surface area contributed by atoms with Crippen molar-refractivity contribution in [1.82, 2.24) is 9.55 Å². The zero-order valence-electron chi connectivity index (χ0n) is 10.6. The third kappa shape index (κ3) is 2.91. The molecule has 0 spiro atoms. The van der Waals surface area contributed by atoms with Gasteiger partial charge in [0.2, 0.25) is 0 Å². The lowest BCUT2D eigenvalue weighted by atomic mass is 10.2. The second-order valence-corrected chi connectivity index (χ2v) is 3.77. The first-order valence-corrected chi connectivity index (χ1v) is 5.82. The predicted molar refractivity (Wildman–Crippen MR) is 70.9 cm³/mol. The molecule has 0 aliphatic carbocycles. The molecule has 2 rings (SSSR count). The Bertz CT molecular complexity index is 624. The molecule has 0 aliphatic heterocycles. The van der Waals surface area contributed by atoms with Gasteiger partial charge in [-0.2, -0.15) is 0 Å². The van der Waals surface area contributed by atoms with E-state index in [2.05, 4.69) is 10.3 Å². The number of aromatic nitrogens is 2. The van der Waals surface area contributed by atoms with E-state index in [1.165, 1.54) is 35.4 Å². The standard InChI is InChI=1S/C12H12N4O4/c1-2-20-9-3-4-10(11(7-9)16(18)19)14-12(17)15-6-5-13-8-15/h3-8H,2H2,1H3,(H,14,17). The van der Waals surface area contributed by atoms with Gasteiger partial charge >= 0.3 is 6.03 Å². The lowest BCUT2D eigenvalue weighted by Gasteiger charge is -2.08. The highest BCUT2D eigenvalue weighted by atomic mass is 16.6. The number of nitrogens with one attached hydrogen (secondary N) is 1. The average molecular weight is 276 g/mol. The molecule has 104 valence electrons. The molecule has 1 amide bonds. The summed E-state index contributed by atoms with van der Waals surface area (Å²) in [4.78, 5) is 26.0. The maximum absolute atomic E-state index is 11.8. The Morgan fingerprint density at radius 3 is 2.95 bits per heavy atom. The van der Waals surface area contributed by atoms with Gasteiger partial charge in [-0.3, -0.25) is 14.7 Å². The molecule has 0 radical (unpaired) electrons. The van der Waals surface area contributed by atoms with Crippen LogP contribution in [-0.2, 0) is 0 Å². The van der Waals surface area contributed by atoms with E-state index in [0.29, 0.717) is 12.4 Å². The zero-order chi connectivity index (χ0) is 14.5. The van der Waals surface area contributed by atoms with Gasteiger partial charge in [0, 0.05) is 12.4 Å². The Kier molecular flexibility index (Phi) is 3.94. The van der Waals surface area contributed by atoms with E-state index in [1.807, 2.05) is 0 Å². The van der Waals surface area contributed by atoms with Crippen LogP contribution in [0.4, 0.5) is 16.2 Å². The van der Waals surface area contributed by atoms with E-state index in [-0.39, 0.29) is 11.4 Å². The minimum absolute atomic E-state index is 0.0946. The number of anilines is 1. The van der Waals surface area contributed by atoms with Crippen LogP contribution in [0.15, 0.2) is 36.9 Å². The molecular weight excluding hydrogens is 264 g/mol. The number of amides is 1. The minimum atomic E-state index is -0.577. The lowest BCUT2D eigenvalue weighted by Crippen LogP contribution is -2.18. The first-order chi connectivity index (χ1) is 9.61. The van der Waals surface area contributed by atoms with Gasteiger partial charge in [0.1, 0.15) is 17.8 Å². The normalized spacial score (nSPS) is 10.1. The van der Waals surface area contributed by atoms with Gasteiger partial charge in [-0.05, 0) is 19.1 Å². The maximum Gasteiger partial charge on any atom is 0.331 e. The molecule has 0 aliphatic rings. The van der Waals surface area contributed by atoms with Crippen molar-refractivity contribution in [3.05, 3.63) is 47.0 Å². The van der Waals surface area contributed by atoms with Crippen LogP contribution in [0.25, 0.3) is 0 Å². The van der Waals surface area contributed by atoms with Crippen LogP contribution < -0.4 is 10.1 Å². The van der Waals surface area contributed by atoms with E-state index in [9.17, 15) is 14.9 Å². The molecular formula is C12H12N4O4. The quantitative estimate of drug-likeness (QED) is 0.682. The highest BCUT2D eigenvalue weighted by molar-refractivity contribution is 5.93. The monoisotopic (exact) mass is 276 g/mol. The fraction of sp³-hybridized carbons (Fsp3) is 0.167. The van der Waals surface area contributed by atoms with E-state index >= 15 is 0 Å². The molecule has 0 saturated carbocycles. The van der Waals surface area contributed by atoms with Gasteiger partial charge in [-0.25, -0.2) is 9.78 Å². The summed E-state index contributed by atoms with van der Waals surface area (Å²) in [5, 5.41) is 13.5. The molecule has 0 unspecified atom stereocenters. The second kappa shape index (κ2) is 5.83. The van der Waals surface area contributed by atoms with Crippen molar-refractivity contribution in [1.29, 1.82) is 0 Å². The molecule has 1 N–H and O–H groups in total. The van der Waals surface area contributed by atoms with Gasteiger partial charge < -0.3 is 10.1 Å². The van der Waals surface area contributed by atoms with Crippen LogP contribution in [-0.4, -0.2) is 27.1 Å². The summed E-state index contributed by atoms with van der Waals surface area (Å²) in [5.41, 5.74) is -0.137. The second-order valence-electron chi connectivity index (χ2n) is 3.77. The number of hydrogen-bond donors (Lipinski definition) is 1. The predicted octanol–water partition coefficient (Wildman–Crippen LogP) is 2.27. The van der Waals surface area contributed by atoms with Gasteiger partial charge in [0.15, 0.2) is 0 Å². The van der Waals surface area contributed by atoms with Crippen molar-refractivity contribution < 1.29 is 14.5 Å². The number of hydrogen-bond acceptors (Lipinski definition) is 5. The number of imidazole rings is 1. The summed E-state index contributed by atoms with van der Waals surface area (Å²) in [6.07, 6.45) is 4.18. The Labute approximate surface area is 114 Å². The Hall–Kier alpha value is -2.90. The van der Waals surface area contributed by atoms with Crippen LogP contribution in [0.3, 0.4) is 0 Å². The van der Waals surface area contributed by atoms with E-state index in [0.717, 1.165) is 0 Å². The first kappa shape index (κ1) is 13.5. The third-order valence-corrected chi connectivity index (χ3v) is 2.46. The Balaban J connectivity index is 2.27. The number of carbonyl (C=O) groups excluding carboxylic acids is 1. The summed E-state index contributed by atoms with van der Waals surface area (Å²) in [7, 11) is 0. The van der Waals surface area contributed by atoms with Crippen LogP contribution >= 0.6 is 0 Å². The topological polar surface area (TPSA) is 99.3 Å². The number of nitro groups is 1. The molecule has 0 bridgehead atoms. The maximum atomic E-state index is 11.8. The number of benzene rings is 1. The number of ether oxygens (including phenoxy) is 1. The molecule has 8 nitrogen and oxygen atoms in total. The molecule has 0 saturated heterocycles. The lowest BCUT2D eigenvalue weighted by molar-refractivity contribution is -0.384. The SMILES string of the molecule is CCOc1ccc(NC(=O)n2ccnc2)c([N+](=O)[O-])c1. The van der Waals surface area contributed by atoms with E-state index < -0.39 is 11.0 Å². The smallest absolute Gasteiger partial charge is 0.331 e. The highest BCUT2D eigenvalue weighted by Gasteiger charge is 2.17. The number of nitrogens with zero attached hydrogens (tertiary/aromatic N) is 3. The van der Waals surface area contributed by atoms with Crippen LogP contribution in [0.1, 0.15) is 6.92 Å². The largest absolute Gasteiger partial charge is 0.494 e. The molecule has 8 heteroatoms. The molecule has 1 aromatic carbocycles. The zero-order valence-corrected chi connectivity index (χ0v) is 10.6. The van der Waals surface area contributed by atoms with Crippen molar-refractivity contribution in [3.8, 4) is 5.75 Å². The summed E-state index contributed by atoms with van der Waals surface area (Å²) >= 11 is 0. The van der Waals surface area contributed by atoms with Gasteiger partial charge in [-0.15, -0.1) is 0 Å². The van der Waals surface area contributed by atoms with Crippen molar-refractivity contribution in [2.45, 2.75) is 6.92 Å². The molecule has 1 heterocycles. The Morgan fingerprint density at radius 2 is 2.35 bits per heavy atom. The molecule has 0 fully saturated rings. The molecule has 0 atom stereocenters. The molecule has 20 heavy (non-hydrogen) atoms. The van der Waals surface area contributed by atoms with Gasteiger partial charge in [0.05, 0.1) is 17.6 Å². The average Bonchev–Trinajstić information content (AvgIpc) is 2.94. The number of nitro benzene ring substituents is 1. The molecule has 2 aromatic rings. The van der Waals surface area contributed by atoms with Crippen molar-refractivity contribution in [2.24, 2.45) is 0 Å². The first-order valence-electron chi connectivity index (χ1n) is 5.82. The van der Waals surface area contributed by atoms with Crippen LogP contribution in [0.5, 0.6) is 5.75 Å². The van der Waals surface area contributed by atoms with Gasteiger partial charge in [0.25, 0.3) is 5.69 Å². The number of rotatable bonds is 4. The van der Waals surface area contributed by atoms with Gasteiger partial charge in [-0.1, -0.05) is 0 Å². The summed E-state index contributed by atoms with van der Waals surface area (Å²) in [6, 6.07) is 3.72. The third-order valence-electron chi connectivity index (χ3n) is 2.46. The van der Waals surface area contributed by atoms with Crippen molar-refractivity contribution in [2.75, 3.05) is 11.9 Å². The minimum Gasteiger partial charge on any atom is -0.494 e. The van der Waals surface area contributed by atoms with E-state index in [1.54, 1.807) is 13.0 Å². The van der Waals surface area contributed by atoms with Crippen molar-refractivity contribution >= 4 is 17.4 Å².